The molecule has 1 aromatic heterocycles. The van der Waals surface area contributed by atoms with Crippen molar-refractivity contribution in [2.75, 3.05) is 0 Å². The van der Waals surface area contributed by atoms with Crippen molar-refractivity contribution in [1.82, 2.24) is 15.5 Å². The Balaban J connectivity index is 1.90. The Labute approximate surface area is 105 Å². The van der Waals surface area contributed by atoms with Gasteiger partial charge in [0.25, 0.3) is 0 Å². The molecule has 0 unspecified atom stereocenters. The standard InChI is InChI=1S/C15H12N3/c1-2-6-11-10(5-1)9-16-14(11)15-12-7-3-4-8-13(12)17-18-15/h1-8,16H,9H2,(H,17,18). The van der Waals surface area contributed by atoms with E-state index in [4.69, 9.17) is 0 Å². The van der Waals surface area contributed by atoms with Crippen molar-refractivity contribution in [3.8, 4) is 0 Å². The van der Waals surface area contributed by atoms with Crippen molar-refractivity contribution in [2.24, 2.45) is 0 Å². The molecule has 0 spiro atoms. The number of fused-ring (bicyclic) bond motifs is 2. The van der Waals surface area contributed by atoms with Gasteiger partial charge in [-0.3, -0.25) is 10.4 Å². The fraction of sp³-hybridized carbons (Fsp3) is 0.0667. The molecule has 1 radical (unpaired) electrons. The summed E-state index contributed by atoms with van der Waals surface area (Å²) in [5.74, 6) is 0. The quantitative estimate of drug-likeness (QED) is 0.679. The summed E-state index contributed by atoms with van der Waals surface area (Å²) in [6.07, 6.45) is 0. The first-order valence-electron chi connectivity index (χ1n) is 6.06. The van der Waals surface area contributed by atoms with Gasteiger partial charge in [0.15, 0.2) is 0 Å². The lowest BCUT2D eigenvalue weighted by molar-refractivity contribution is 0.805. The van der Waals surface area contributed by atoms with Crippen LogP contribution in [-0.4, -0.2) is 10.2 Å². The molecule has 18 heavy (non-hydrogen) atoms. The zero-order valence-electron chi connectivity index (χ0n) is 9.77. The van der Waals surface area contributed by atoms with Gasteiger partial charge in [0, 0.05) is 11.9 Å². The van der Waals surface area contributed by atoms with Crippen LogP contribution in [0.25, 0.3) is 10.9 Å². The summed E-state index contributed by atoms with van der Waals surface area (Å²) in [7, 11) is 0. The minimum absolute atomic E-state index is 0.882. The van der Waals surface area contributed by atoms with Gasteiger partial charge < -0.3 is 0 Å². The Morgan fingerprint density at radius 1 is 0.944 bits per heavy atom. The second-order valence-corrected chi connectivity index (χ2v) is 4.50. The molecule has 0 amide bonds. The van der Waals surface area contributed by atoms with Crippen LogP contribution in [0, 0.1) is 6.04 Å². The number of H-pyrrole nitrogens is 1. The van der Waals surface area contributed by atoms with Crippen molar-refractivity contribution in [2.45, 2.75) is 6.54 Å². The molecule has 3 heteroatoms. The Kier molecular flexibility index (Phi) is 2.02. The van der Waals surface area contributed by atoms with Crippen LogP contribution in [0.2, 0.25) is 0 Å². The van der Waals surface area contributed by atoms with Crippen molar-refractivity contribution < 1.29 is 0 Å². The molecule has 0 saturated carbocycles. The van der Waals surface area contributed by atoms with Crippen LogP contribution in [0.5, 0.6) is 0 Å². The lowest BCUT2D eigenvalue weighted by Gasteiger charge is -2.08. The zero-order chi connectivity index (χ0) is 11.9. The highest BCUT2D eigenvalue weighted by atomic mass is 15.1. The molecule has 0 saturated heterocycles. The topological polar surface area (TPSA) is 40.7 Å². The molecule has 0 bridgehead atoms. The summed E-state index contributed by atoms with van der Waals surface area (Å²) >= 11 is 0. The van der Waals surface area contributed by atoms with E-state index in [1.807, 2.05) is 18.2 Å². The predicted molar refractivity (Wildman–Crippen MR) is 70.8 cm³/mol. The highest BCUT2D eigenvalue weighted by Gasteiger charge is 2.27. The van der Waals surface area contributed by atoms with Crippen LogP contribution in [0.3, 0.4) is 0 Å². The number of nitrogens with one attached hydrogen (secondary N) is 2. The van der Waals surface area contributed by atoms with Crippen LogP contribution in [0.4, 0.5) is 0 Å². The molecular formula is C15H12N3. The summed E-state index contributed by atoms with van der Waals surface area (Å²) in [6.45, 7) is 0.882. The minimum Gasteiger partial charge on any atom is -0.296 e. The first kappa shape index (κ1) is 9.85. The Morgan fingerprint density at radius 3 is 2.78 bits per heavy atom. The normalized spacial score (nSPS) is 15.1. The molecule has 0 atom stereocenters. The molecule has 1 aliphatic rings. The number of benzene rings is 2. The van der Waals surface area contributed by atoms with E-state index in [9.17, 15) is 0 Å². The summed E-state index contributed by atoms with van der Waals surface area (Å²) in [5.41, 5.74) is 4.68. The molecule has 2 heterocycles. The van der Waals surface area contributed by atoms with Gasteiger partial charge in [-0.05, 0) is 17.2 Å². The third-order valence-corrected chi connectivity index (χ3v) is 3.45. The lowest BCUT2D eigenvalue weighted by atomic mass is 10.0. The van der Waals surface area contributed by atoms with E-state index in [1.54, 1.807) is 0 Å². The van der Waals surface area contributed by atoms with Crippen molar-refractivity contribution >= 4 is 10.9 Å². The maximum atomic E-state index is 4.45. The third-order valence-electron chi connectivity index (χ3n) is 3.45. The van der Waals surface area contributed by atoms with Gasteiger partial charge in [-0.1, -0.05) is 42.5 Å². The van der Waals surface area contributed by atoms with Crippen LogP contribution >= 0.6 is 0 Å². The number of para-hydroxylation sites is 1. The molecule has 0 fully saturated rings. The smallest absolute Gasteiger partial charge is 0.118 e. The molecule has 2 N–H and O–H groups in total. The van der Waals surface area contributed by atoms with E-state index in [1.165, 1.54) is 11.1 Å². The lowest BCUT2D eigenvalue weighted by Crippen LogP contribution is -2.15. The van der Waals surface area contributed by atoms with Gasteiger partial charge >= 0.3 is 0 Å². The first-order chi connectivity index (χ1) is 8.93. The zero-order valence-corrected chi connectivity index (χ0v) is 9.77. The van der Waals surface area contributed by atoms with Crippen LogP contribution < -0.4 is 5.32 Å². The van der Waals surface area contributed by atoms with Gasteiger partial charge in [-0.25, -0.2) is 0 Å². The number of aromatic amines is 1. The van der Waals surface area contributed by atoms with Gasteiger partial charge in [-0.15, -0.1) is 0 Å². The van der Waals surface area contributed by atoms with E-state index in [2.05, 4.69) is 45.8 Å². The van der Waals surface area contributed by atoms with E-state index < -0.39 is 0 Å². The largest absolute Gasteiger partial charge is 0.296 e. The molecular weight excluding hydrogens is 222 g/mol. The SMILES string of the molecule is c1ccc2c(c1)CN[C]2c1n[nH]c2ccccc12. The number of nitrogens with zero attached hydrogens (tertiary/aromatic N) is 1. The molecule has 1 aliphatic heterocycles. The van der Waals surface area contributed by atoms with E-state index in [-0.39, 0.29) is 0 Å². The van der Waals surface area contributed by atoms with Crippen molar-refractivity contribution in [1.29, 1.82) is 0 Å². The number of hydrogen-bond acceptors (Lipinski definition) is 2. The Morgan fingerprint density at radius 2 is 1.78 bits per heavy atom. The number of hydrogen-bond donors (Lipinski definition) is 2. The molecule has 87 valence electrons. The summed E-state index contributed by atoms with van der Waals surface area (Å²) in [4.78, 5) is 0. The predicted octanol–water partition coefficient (Wildman–Crippen LogP) is 2.59. The Bertz CT molecular complexity index is 714. The molecule has 3 nitrogen and oxygen atoms in total. The van der Waals surface area contributed by atoms with Gasteiger partial charge in [0.2, 0.25) is 0 Å². The summed E-state index contributed by atoms with van der Waals surface area (Å²) in [6, 6.07) is 17.8. The molecule has 3 aromatic rings. The molecule has 0 aliphatic carbocycles. The fourth-order valence-electron chi connectivity index (χ4n) is 2.56. The monoisotopic (exact) mass is 234 g/mol. The van der Waals surface area contributed by atoms with Gasteiger partial charge in [0.05, 0.1) is 11.2 Å². The summed E-state index contributed by atoms with van der Waals surface area (Å²) in [5, 5.41) is 12.2. The van der Waals surface area contributed by atoms with Crippen LogP contribution in [-0.2, 0) is 6.54 Å². The van der Waals surface area contributed by atoms with Crippen molar-refractivity contribution in [3.05, 3.63) is 71.4 Å². The van der Waals surface area contributed by atoms with E-state index >= 15 is 0 Å². The first-order valence-corrected chi connectivity index (χ1v) is 6.06. The van der Waals surface area contributed by atoms with Crippen LogP contribution in [0.1, 0.15) is 16.8 Å². The maximum Gasteiger partial charge on any atom is 0.118 e. The minimum atomic E-state index is 0.882. The maximum absolute atomic E-state index is 4.45. The van der Waals surface area contributed by atoms with Gasteiger partial charge in [-0.2, -0.15) is 5.10 Å². The second-order valence-electron chi connectivity index (χ2n) is 4.50. The Hall–Kier alpha value is -2.13. The highest BCUT2D eigenvalue weighted by molar-refractivity contribution is 5.84. The third kappa shape index (κ3) is 1.31. The number of aromatic nitrogens is 2. The highest BCUT2D eigenvalue weighted by Crippen LogP contribution is 2.32. The molecule has 2 aromatic carbocycles. The van der Waals surface area contributed by atoms with E-state index in [0.717, 1.165) is 29.2 Å². The van der Waals surface area contributed by atoms with Crippen LogP contribution in [0.15, 0.2) is 48.5 Å². The average Bonchev–Trinajstić information content (AvgIpc) is 3.01. The molecule has 4 rings (SSSR count). The van der Waals surface area contributed by atoms with E-state index in [0.29, 0.717) is 0 Å². The van der Waals surface area contributed by atoms with Gasteiger partial charge in [0.1, 0.15) is 6.04 Å². The summed E-state index contributed by atoms with van der Waals surface area (Å²) < 4.78 is 0. The second kappa shape index (κ2) is 3.68. The number of rotatable bonds is 1. The fourth-order valence-corrected chi connectivity index (χ4v) is 2.56. The van der Waals surface area contributed by atoms with Crippen molar-refractivity contribution in [3.63, 3.8) is 0 Å². The average molecular weight is 234 g/mol.